The number of carboxylic acid groups (broad SMARTS) is 1. The Morgan fingerprint density at radius 1 is 1.26 bits per heavy atom. The number of carbonyl (C=O) groups is 5. The number of rotatable bonds is 10. The maximum atomic E-state index is 13.1. The van der Waals surface area contributed by atoms with E-state index >= 15 is 0 Å². The number of β-lactam (4-membered cyclic amide) rings is 1. The summed E-state index contributed by atoms with van der Waals surface area (Å²) in [6.07, 6.45) is 1.34. The fraction of sp³-hybridized carbons (Fsp3) is 0.273. The third-order valence-corrected chi connectivity index (χ3v) is 8.90. The van der Waals surface area contributed by atoms with Crippen molar-refractivity contribution in [1.29, 1.82) is 0 Å². The molecular formula is C22H22N6O7S3. The van der Waals surface area contributed by atoms with Gasteiger partial charge in [0.05, 0.1) is 6.54 Å². The Hall–Kier alpha value is -3.76. The van der Waals surface area contributed by atoms with Gasteiger partial charge in [-0.25, -0.2) is 9.59 Å². The summed E-state index contributed by atoms with van der Waals surface area (Å²) in [6, 6.07) is 5.23. The van der Waals surface area contributed by atoms with Gasteiger partial charge in [0.1, 0.15) is 23.2 Å². The van der Waals surface area contributed by atoms with Crippen LogP contribution in [0.4, 0.5) is 4.79 Å². The third kappa shape index (κ3) is 5.87. The first-order chi connectivity index (χ1) is 18.2. The average molecular weight is 579 g/mol. The van der Waals surface area contributed by atoms with Crippen LogP contribution in [-0.4, -0.2) is 69.2 Å². The predicted octanol–water partition coefficient (Wildman–Crippen LogP) is -0.262. The number of nitrogens with zero attached hydrogens (tertiary/aromatic N) is 2. The van der Waals surface area contributed by atoms with Gasteiger partial charge in [0, 0.05) is 28.5 Å². The second-order valence-electron chi connectivity index (χ2n) is 8.05. The number of nitrogens with two attached hydrogens (primary N) is 1. The number of aromatic nitrogens is 1. The van der Waals surface area contributed by atoms with Gasteiger partial charge in [-0.15, -0.1) is 23.1 Å². The zero-order chi connectivity index (χ0) is 27.4. The van der Waals surface area contributed by atoms with Crippen molar-refractivity contribution in [3.63, 3.8) is 0 Å². The van der Waals surface area contributed by atoms with Crippen molar-refractivity contribution in [1.82, 2.24) is 20.9 Å². The van der Waals surface area contributed by atoms with E-state index in [1.165, 1.54) is 29.3 Å². The van der Waals surface area contributed by atoms with E-state index in [1.54, 1.807) is 35.7 Å². The second-order valence-corrected chi connectivity index (χ2v) is 11.1. The molecule has 4 heterocycles. The molecule has 0 aliphatic carbocycles. The molecule has 2 aromatic heterocycles. The number of carboxylic acids is 1. The summed E-state index contributed by atoms with van der Waals surface area (Å²) in [7, 11) is 0. The molecule has 2 unspecified atom stereocenters. The van der Waals surface area contributed by atoms with Gasteiger partial charge >= 0.3 is 12.0 Å². The average Bonchev–Trinajstić information content (AvgIpc) is 3.42. The maximum Gasteiger partial charge on any atom is 0.352 e. The largest absolute Gasteiger partial charge is 0.618 e. The summed E-state index contributed by atoms with van der Waals surface area (Å²) in [4.78, 5) is 63.0. The lowest BCUT2D eigenvalue weighted by atomic mass is 10.0. The van der Waals surface area contributed by atoms with E-state index in [2.05, 4.69) is 16.0 Å². The summed E-state index contributed by atoms with van der Waals surface area (Å²) in [5.74, 6) is -2.84. The topological polar surface area (TPSA) is 198 Å². The molecule has 0 aromatic carbocycles. The van der Waals surface area contributed by atoms with E-state index in [-0.39, 0.29) is 17.2 Å². The standard InChI is InChI=1S/C22H22N6O7S3/c23-13(29)8-24-22(34)26-15(12-4-3-7-36-12)18(30)25-16-19(31)28-17(21(32)33)11(10-38-20(16)28)9-37-14-5-1-2-6-27(14)35/h1-7,15-16,20H,8-10H2,(H2,23,29)(H,25,30)(H,32,33)(H2,24,26,34)/t15?,16-,20?/m0/s1. The number of urea groups is 1. The summed E-state index contributed by atoms with van der Waals surface area (Å²) < 4.78 is 0.678. The van der Waals surface area contributed by atoms with Gasteiger partial charge in [-0.2, -0.15) is 4.73 Å². The minimum Gasteiger partial charge on any atom is -0.618 e. The van der Waals surface area contributed by atoms with E-state index in [4.69, 9.17) is 5.73 Å². The molecule has 200 valence electrons. The van der Waals surface area contributed by atoms with Gasteiger partial charge in [-0.05, 0) is 23.1 Å². The normalized spacial score (nSPS) is 19.2. The highest BCUT2D eigenvalue weighted by molar-refractivity contribution is 8.01. The molecule has 1 saturated heterocycles. The van der Waals surface area contributed by atoms with Crippen molar-refractivity contribution in [3.8, 4) is 0 Å². The molecule has 38 heavy (non-hydrogen) atoms. The number of pyridine rings is 1. The zero-order valence-electron chi connectivity index (χ0n) is 19.5. The Bertz CT molecular complexity index is 1300. The molecule has 2 aliphatic heterocycles. The maximum absolute atomic E-state index is 13.1. The highest BCUT2D eigenvalue weighted by Gasteiger charge is 2.54. The van der Waals surface area contributed by atoms with Crippen LogP contribution in [0.25, 0.3) is 0 Å². The quantitative estimate of drug-likeness (QED) is 0.109. The smallest absolute Gasteiger partial charge is 0.352 e. The first-order valence-corrected chi connectivity index (χ1v) is 14.0. The van der Waals surface area contributed by atoms with Crippen molar-refractivity contribution in [3.05, 3.63) is 63.3 Å². The molecule has 2 aliphatic rings. The molecule has 0 radical (unpaired) electrons. The van der Waals surface area contributed by atoms with E-state index in [9.17, 15) is 34.3 Å². The fourth-order valence-electron chi connectivity index (χ4n) is 3.79. The van der Waals surface area contributed by atoms with Crippen LogP contribution < -0.4 is 26.4 Å². The molecule has 0 spiro atoms. The van der Waals surface area contributed by atoms with Crippen LogP contribution in [0.2, 0.25) is 0 Å². The van der Waals surface area contributed by atoms with E-state index in [0.29, 0.717) is 20.2 Å². The Morgan fingerprint density at radius 2 is 2.05 bits per heavy atom. The summed E-state index contributed by atoms with van der Waals surface area (Å²) >= 11 is 3.66. The number of nitrogens with one attached hydrogen (secondary N) is 3. The van der Waals surface area contributed by atoms with Crippen molar-refractivity contribution in [2.24, 2.45) is 5.73 Å². The number of aliphatic carboxylic acids is 1. The van der Waals surface area contributed by atoms with E-state index in [0.717, 1.165) is 16.7 Å². The molecule has 16 heteroatoms. The number of thiophene rings is 1. The van der Waals surface area contributed by atoms with Gasteiger partial charge in [0.15, 0.2) is 6.20 Å². The number of amides is 5. The van der Waals surface area contributed by atoms with Gasteiger partial charge in [0.2, 0.25) is 11.8 Å². The molecule has 2 aromatic rings. The van der Waals surface area contributed by atoms with Crippen LogP contribution in [0.1, 0.15) is 10.9 Å². The highest BCUT2D eigenvalue weighted by Crippen LogP contribution is 2.41. The first-order valence-electron chi connectivity index (χ1n) is 11.0. The van der Waals surface area contributed by atoms with E-state index < -0.39 is 53.7 Å². The molecule has 0 saturated carbocycles. The van der Waals surface area contributed by atoms with Crippen molar-refractivity contribution < 1.29 is 33.8 Å². The predicted molar refractivity (Wildman–Crippen MR) is 139 cm³/mol. The molecule has 6 N–H and O–H groups in total. The van der Waals surface area contributed by atoms with Crippen LogP contribution >= 0.6 is 34.9 Å². The number of hydrogen-bond acceptors (Lipinski definition) is 9. The van der Waals surface area contributed by atoms with Crippen LogP contribution in [0.15, 0.2) is 58.2 Å². The summed E-state index contributed by atoms with van der Waals surface area (Å²) in [6.45, 7) is -0.427. The third-order valence-electron chi connectivity index (χ3n) is 5.52. The molecule has 0 bridgehead atoms. The van der Waals surface area contributed by atoms with Crippen LogP contribution in [-0.2, 0) is 19.2 Å². The number of primary amides is 1. The van der Waals surface area contributed by atoms with Crippen molar-refractivity contribution in [2.45, 2.75) is 22.5 Å². The van der Waals surface area contributed by atoms with Crippen LogP contribution in [0, 0.1) is 5.21 Å². The lowest BCUT2D eigenvalue weighted by molar-refractivity contribution is -0.645. The SMILES string of the molecule is NC(=O)CNC(=O)NC(C(=O)N[C@H]1C(=O)N2C(C(=O)O)=C(CSc3cccc[n+]3[O-])CSC12)c1cccs1. The minimum atomic E-state index is -1.28. The number of hydrogen-bond donors (Lipinski definition) is 5. The number of carbonyl (C=O) groups excluding carboxylic acids is 4. The molecule has 5 amide bonds. The van der Waals surface area contributed by atoms with Gasteiger partial charge in [-0.1, -0.05) is 17.8 Å². The van der Waals surface area contributed by atoms with E-state index in [1.807, 2.05) is 0 Å². The Labute approximate surface area is 228 Å². The van der Waals surface area contributed by atoms with Crippen LogP contribution in [0.5, 0.6) is 0 Å². The fourth-order valence-corrected chi connectivity index (χ4v) is 6.96. The van der Waals surface area contributed by atoms with Gasteiger partial charge < -0.3 is 32.0 Å². The number of thioether (sulfide) groups is 2. The zero-order valence-corrected chi connectivity index (χ0v) is 21.9. The van der Waals surface area contributed by atoms with Crippen molar-refractivity contribution in [2.75, 3.05) is 18.1 Å². The van der Waals surface area contributed by atoms with Crippen molar-refractivity contribution >= 4 is 64.6 Å². The Balaban J connectivity index is 1.46. The van der Waals surface area contributed by atoms with Gasteiger partial charge in [0.25, 0.3) is 10.9 Å². The summed E-state index contributed by atoms with van der Waals surface area (Å²) in [5, 5.41) is 30.5. The Kier molecular flexibility index (Phi) is 8.43. The molecule has 1 fully saturated rings. The monoisotopic (exact) mass is 578 g/mol. The molecule has 3 atom stereocenters. The highest BCUT2D eigenvalue weighted by atomic mass is 32.2. The minimum absolute atomic E-state index is 0.163. The van der Waals surface area contributed by atoms with Crippen LogP contribution in [0.3, 0.4) is 0 Å². The van der Waals surface area contributed by atoms with Gasteiger partial charge in [-0.3, -0.25) is 19.3 Å². The first kappa shape index (κ1) is 27.3. The lowest BCUT2D eigenvalue weighted by Gasteiger charge is -2.49. The molecule has 4 rings (SSSR count). The molecule has 13 nitrogen and oxygen atoms in total. The molecular weight excluding hydrogens is 556 g/mol. The second kappa shape index (κ2) is 11.7. The number of fused-ring (bicyclic) bond motifs is 1. The lowest BCUT2D eigenvalue weighted by Crippen LogP contribution is -2.71. The summed E-state index contributed by atoms with van der Waals surface area (Å²) in [5.41, 5.74) is 5.35. The Morgan fingerprint density at radius 3 is 2.71 bits per heavy atom.